The van der Waals surface area contributed by atoms with Crippen LogP contribution in [0.4, 0.5) is 5.13 Å². The number of nitrogens with one attached hydrogen (secondary N) is 1. The van der Waals surface area contributed by atoms with Crippen LogP contribution in [0.3, 0.4) is 0 Å². The Morgan fingerprint density at radius 3 is 2.83 bits per heavy atom. The summed E-state index contributed by atoms with van der Waals surface area (Å²) in [5, 5.41) is 7.17. The summed E-state index contributed by atoms with van der Waals surface area (Å²) in [5.74, 6) is 0.605. The van der Waals surface area contributed by atoms with Gasteiger partial charge in [-0.2, -0.15) is 0 Å². The van der Waals surface area contributed by atoms with Gasteiger partial charge >= 0.3 is 0 Å². The van der Waals surface area contributed by atoms with Crippen molar-refractivity contribution < 1.29 is 9.53 Å². The summed E-state index contributed by atoms with van der Waals surface area (Å²) < 4.78 is 5.63. The van der Waals surface area contributed by atoms with E-state index in [-0.39, 0.29) is 5.91 Å². The molecule has 116 valence electrons. The number of benzene rings is 1. The van der Waals surface area contributed by atoms with Crippen molar-refractivity contribution in [3.8, 4) is 5.75 Å². The highest BCUT2D eigenvalue weighted by Crippen LogP contribution is 2.18. The summed E-state index contributed by atoms with van der Waals surface area (Å²) in [6, 6.07) is 13.5. The van der Waals surface area contributed by atoms with Crippen molar-refractivity contribution in [2.45, 2.75) is 6.61 Å². The maximum atomic E-state index is 11.8. The number of thiophene rings is 1. The van der Waals surface area contributed by atoms with Crippen molar-refractivity contribution in [1.29, 1.82) is 0 Å². The molecule has 0 aliphatic rings. The first-order valence-electron chi connectivity index (χ1n) is 6.94. The zero-order valence-corrected chi connectivity index (χ0v) is 13.8. The van der Waals surface area contributed by atoms with Gasteiger partial charge in [0, 0.05) is 16.3 Å². The van der Waals surface area contributed by atoms with Gasteiger partial charge in [0.1, 0.15) is 12.4 Å². The predicted octanol–water partition coefficient (Wildman–Crippen LogP) is 4.44. The van der Waals surface area contributed by atoms with Crippen LogP contribution in [0.5, 0.6) is 5.75 Å². The molecule has 2 aromatic heterocycles. The summed E-state index contributed by atoms with van der Waals surface area (Å²) in [4.78, 5) is 17.2. The number of amides is 1. The fourth-order valence-electron chi connectivity index (χ4n) is 1.80. The van der Waals surface area contributed by atoms with E-state index in [0.717, 1.165) is 16.3 Å². The molecule has 1 amide bonds. The minimum absolute atomic E-state index is 0.191. The Hall–Kier alpha value is -2.44. The van der Waals surface area contributed by atoms with Crippen LogP contribution >= 0.6 is 22.7 Å². The number of para-hydroxylation sites is 1. The number of anilines is 1. The second-order valence-electron chi connectivity index (χ2n) is 4.58. The maximum absolute atomic E-state index is 11.8. The Kier molecular flexibility index (Phi) is 5.18. The second kappa shape index (κ2) is 7.71. The van der Waals surface area contributed by atoms with Crippen LogP contribution in [0.25, 0.3) is 6.08 Å². The van der Waals surface area contributed by atoms with Gasteiger partial charge in [-0.25, -0.2) is 4.98 Å². The summed E-state index contributed by atoms with van der Waals surface area (Å²) in [6.45, 7) is 0.376. The molecule has 1 N–H and O–H groups in total. The van der Waals surface area contributed by atoms with Gasteiger partial charge in [-0.1, -0.05) is 24.3 Å². The second-order valence-corrected chi connectivity index (χ2v) is 6.42. The van der Waals surface area contributed by atoms with Crippen LogP contribution in [0.1, 0.15) is 10.6 Å². The minimum Gasteiger partial charge on any atom is -0.487 e. The zero-order valence-electron chi connectivity index (χ0n) is 12.1. The Bertz CT molecular complexity index is 780. The van der Waals surface area contributed by atoms with Gasteiger partial charge in [-0.05, 0) is 29.7 Å². The van der Waals surface area contributed by atoms with E-state index in [1.165, 1.54) is 17.4 Å². The molecule has 0 aliphatic carbocycles. The highest BCUT2D eigenvalue weighted by Gasteiger charge is 2.05. The molecular formula is C17H14N2O2S2. The molecule has 23 heavy (non-hydrogen) atoms. The molecule has 2 heterocycles. The van der Waals surface area contributed by atoms with Crippen molar-refractivity contribution in [3.05, 3.63) is 69.9 Å². The van der Waals surface area contributed by atoms with Crippen LogP contribution in [0.2, 0.25) is 0 Å². The summed E-state index contributed by atoms with van der Waals surface area (Å²) in [7, 11) is 0. The highest BCUT2D eigenvalue weighted by molar-refractivity contribution is 7.14. The lowest BCUT2D eigenvalue weighted by Gasteiger charge is -2.02. The Labute approximate surface area is 142 Å². The number of thiazole rings is 1. The van der Waals surface area contributed by atoms with Gasteiger partial charge in [-0.3, -0.25) is 10.1 Å². The van der Waals surface area contributed by atoms with Crippen molar-refractivity contribution in [1.82, 2.24) is 4.98 Å². The monoisotopic (exact) mass is 342 g/mol. The number of nitrogens with zero attached hydrogens (tertiary/aromatic N) is 1. The minimum atomic E-state index is -0.191. The summed E-state index contributed by atoms with van der Waals surface area (Å²) in [5.41, 5.74) is 0.788. The van der Waals surface area contributed by atoms with E-state index in [9.17, 15) is 4.79 Å². The molecule has 3 aromatic rings. The number of rotatable bonds is 6. The third-order valence-electron chi connectivity index (χ3n) is 2.85. The van der Waals surface area contributed by atoms with Crippen LogP contribution in [-0.2, 0) is 11.4 Å². The quantitative estimate of drug-likeness (QED) is 0.674. The smallest absolute Gasteiger partial charge is 0.250 e. The Balaban J connectivity index is 1.51. The molecule has 6 heteroatoms. The molecule has 0 bridgehead atoms. The van der Waals surface area contributed by atoms with Crippen molar-refractivity contribution in [3.63, 3.8) is 0 Å². The first kappa shape index (κ1) is 15.5. The summed E-state index contributed by atoms with van der Waals surface area (Å²) in [6.07, 6.45) is 3.29. The van der Waals surface area contributed by atoms with E-state index >= 15 is 0 Å². The molecule has 0 spiro atoms. The molecule has 1 aromatic carbocycles. The number of ether oxygens (including phenoxy) is 1. The fourth-order valence-corrected chi connectivity index (χ4v) is 3.11. The number of carbonyl (C=O) groups is 1. The molecule has 0 unspecified atom stereocenters. The molecule has 0 atom stereocenters. The lowest BCUT2D eigenvalue weighted by Crippen LogP contribution is -2.07. The van der Waals surface area contributed by atoms with Crippen LogP contribution in [0.15, 0.2) is 59.3 Å². The molecule has 0 fully saturated rings. The van der Waals surface area contributed by atoms with Gasteiger partial charge < -0.3 is 4.74 Å². The first-order valence-corrected chi connectivity index (χ1v) is 8.70. The SMILES string of the molecule is O=C(C=Cc1cccs1)Nc1nc(COc2ccccc2)cs1. The van der Waals surface area contributed by atoms with Gasteiger partial charge in [-0.15, -0.1) is 22.7 Å². The lowest BCUT2D eigenvalue weighted by atomic mass is 10.3. The van der Waals surface area contributed by atoms with E-state index < -0.39 is 0 Å². The Morgan fingerprint density at radius 1 is 1.17 bits per heavy atom. The summed E-state index contributed by atoms with van der Waals surface area (Å²) >= 11 is 2.97. The third kappa shape index (κ3) is 4.77. The fraction of sp³-hybridized carbons (Fsp3) is 0.0588. The molecule has 4 nitrogen and oxygen atoms in total. The van der Waals surface area contributed by atoms with E-state index in [1.54, 1.807) is 17.4 Å². The largest absolute Gasteiger partial charge is 0.487 e. The van der Waals surface area contributed by atoms with Gasteiger partial charge in [0.2, 0.25) is 5.91 Å². The van der Waals surface area contributed by atoms with Crippen LogP contribution in [0, 0.1) is 0 Å². The normalized spacial score (nSPS) is 10.8. The van der Waals surface area contributed by atoms with Crippen molar-refractivity contribution in [2.24, 2.45) is 0 Å². The van der Waals surface area contributed by atoms with E-state index in [2.05, 4.69) is 10.3 Å². The molecule has 0 aliphatic heterocycles. The number of hydrogen-bond donors (Lipinski definition) is 1. The molecule has 0 saturated heterocycles. The predicted molar refractivity (Wildman–Crippen MR) is 94.9 cm³/mol. The molecule has 0 radical (unpaired) electrons. The first-order chi connectivity index (χ1) is 11.3. The van der Waals surface area contributed by atoms with E-state index in [4.69, 9.17) is 4.74 Å². The van der Waals surface area contributed by atoms with E-state index in [1.807, 2.05) is 53.2 Å². The Morgan fingerprint density at radius 2 is 2.04 bits per heavy atom. The van der Waals surface area contributed by atoms with Gasteiger partial charge in [0.05, 0.1) is 5.69 Å². The van der Waals surface area contributed by atoms with Gasteiger partial charge in [0.15, 0.2) is 5.13 Å². The van der Waals surface area contributed by atoms with E-state index in [0.29, 0.717) is 11.7 Å². The lowest BCUT2D eigenvalue weighted by molar-refractivity contribution is -0.111. The highest BCUT2D eigenvalue weighted by atomic mass is 32.1. The third-order valence-corrected chi connectivity index (χ3v) is 4.50. The zero-order chi connectivity index (χ0) is 15.9. The molecule has 3 rings (SSSR count). The standard InChI is InChI=1S/C17H14N2O2S2/c20-16(9-8-15-7-4-10-22-15)19-17-18-13(12-23-17)11-21-14-5-2-1-3-6-14/h1-10,12H,11H2,(H,18,19,20). The number of aromatic nitrogens is 1. The average Bonchev–Trinajstić information content (AvgIpc) is 3.24. The topological polar surface area (TPSA) is 51.2 Å². The van der Waals surface area contributed by atoms with Crippen LogP contribution < -0.4 is 10.1 Å². The van der Waals surface area contributed by atoms with Crippen LogP contribution in [-0.4, -0.2) is 10.9 Å². The van der Waals surface area contributed by atoms with Crippen molar-refractivity contribution in [2.75, 3.05) is 5.32 Å². The number of carbonyl (C=O) groups excluding carboxylic acids is 1. The number of hydrogen-bond acceptors (Lipinski definition) is 5. The van der Waals surface area contributed by atoms with Crippen molar-refractivity contribution >= 4 is 39.8 Å². The average molecular weight is 342 g/mol. The maximum Gasteiger partial charge on any atom is 0.250 e. The molecular weight excluding hydrogens is 328 g/mol. The van der Waals surface area contributed by atoms with Gasteiger partial charge in [0.25, 0.3) is 0 Å². The molecule has 0 saturated carbocycles.